The van der Waals surface area contributed by atoms with Gasteiger partial charge in [-0.2, -0.15) is 0 Å². The Labute approximate surface area is 176 Å². The van der Waals surface area contributed by atoms with Crippen molar-refractivity contribution in [2.45, 2.75) is 19.8 Å². The Bertz CT molecular complexity index is 841. The van der Waals surface area contributed by atoms with Crippen LogP contribution in [0.5, 0.6) is 0 Å². The highest BCUT2D eigenvalue weighted by Crippen LogP contribution is 2.36. The van der Waals surface area contributed by atoms with Gasteiger partial charge in [-0.3, -0.25) is 4.79 Å². The second-order valence-electron chi connectivity index (χ2n) is 5.66. The van der Waals surface area contributed by atoms with Crippen LogP contribution in [0.2, 0.25) is 20.2 Å². The average molecular weight is 450 g/mol. The van der Waals surface area contributed by atoms with Crippen LogP contribution in [0.1, 0.15) is 28.0 Å². The number of halogens is 4. The fraction of sp³-hybridized carbons (Fsp3) is 0.278. The third kappa shape index (κ3) is 6.25. The lowest BCUT2D eigenvalue weighted by atomic mass is 10.1. The van der Waals surface area contributed by atoms with E-state index in [0.717, 1.165) is 5.56 Å². The van der Waals surface area contributed by atoms with Crippen molar-refractivity contribution in [1.82, 2.24) is 10.3 Å². The molecule has 0 bridgehead atoms. The average Bonchev–Trinajstić information content (AvgIpc) is 2.65. The summed E-state index contributed by atoms with van der Waals surface area (Å²) in [7, 11) is 0. The normalized spacial score (nSPS) is 10.6. The molecular weight excluding hydrogens is 434 g/mol. The number of ether oxygens (including phenoxy) is 1. The van der Waals surface area contributed by atoms with Crippen molar-refractivity contribution in [2.75, 3.05) is 13.2 Å². The summed E-state index contributed by atoms with van der Waals surface area (Å²) >= 11 is 23.4. The van der Waals surface area contributed by atoms with E-state index in [4.69, 9.17) is 51.1 Å². The van der Waals surface area contributed by atoms with E-state index < -0.39 is 5.97 Å². The summed E-state index contributed by atoms with van der Waals surface area (Å²) in [5.41, 5.74) is 2.02. The summed E-state index contributed by atoms with van der Waals surface area (Å²) < 4.78 is 5.02. The first-order valence-corrected chi connectivity index (χ1v) is 9.50. The number of amides is 1. The standard InChI is InChI=1S/C18H16Cl4N2O3/c1-10-2-4-11(5-3-10)6-7-12(25)23-8-9-27-18(26)16-14(20)13(19)15(21)17(22)24-16/h2-5H,6-9H2,1H3,(H,23,25). The zero-order valence-corrected chi connectivity index (χ0v) is 17.3. The van der Waals surface area contributed by atoms with Gasteiger partial charge in [0.25, 0.3) is 0 Å². The molecule has 0 saturated heterocycles. The Hall–Kier alpha value is -1.53. The van der Waals surface area contributed by atoms with Crippen molar-refractivity contribution in [3.05, 3.63) is 61.3 Å². The monoisotopic (exact) mass is 448 g/mol. The van der Waals surface area contributed by atoms with Crippen molar-refractivity contribution >= 4 is 58.3 Å². The van der Waals surface area contributed by atoms with E-state index in [2.05, 4.69) is 10.3 Å². The van der Waals surface area contributed by atoms with Gasteiger partial charge in [0.05, 0.1) is 21.6 Å². The number of carbonyl (C=O) groups excluding carboxylic acids is 2. The Morgan fingerprint density at radius 1 is 1.04 bits per heavy atom. The molecule has 0 atom stereocenters. The molecule has 2 rings (SSSR count). The van der Waals surface area contributed by atoms with E-state index in [1.807, 2.05) is 31.2 Å². The van der Waals surface area contributed by atoms with Crippen LogP contribution in [0, 0.1) is 6.92 Å². The number of nitrogens with one attached hydrogen (secondary N) is 1. The molecule has 1 amide bonds. The van der Waals surface area contributed by atoms with Crippen LogP contribution in [0.4, 0.5) is 0 Å². The van der Waals surface area contributed by atoms with Crippen LogP contribution >= 0.6 is 46.4 Å². The minimum atomic E-state index is -0.811. The van der Waals surface area contributed by atoms with Gasteiger partial charge in [0.15, 0.2) is 5.69 Å². The molecule has 1 aromatic heterocycles. The first-order valence-electron chi connectivity index (χ1n) is 7.99. The highest BCUT2D eigenvalue weighted by atomic mass is 35.5. The highest BCUT2D eigenvalue weighted by Gasteiger charge is 2.21. The van der Waals surface area contributed by atoms with Crippen molar-refractivity contribution in [1.29, 1.82) is 0 Å². The fourth-order valence-corrected chi connectivity index (χ4v) is 2.93. The maximum absolute atomic E-state index is 12.0. The molecule has 0 unspecified atom stereocenters. The zero-order chi connectivity index (χ0) is 20.0. The molecule has 27 heavy (non-hydrogen) atoms. The molecule has 0 aliphatic carbocycles. The minimum Gasteiger partial charge on any atom is -0.459 e. The Kier molecular flexibility index (Phi) is 8.17. The SMILES string of the molecule is Cc1ccc(CCC(=O)NCCOC(=O)c2nc(Cl)c(Cl)c(Cl)c2Cl)cc1. The minimum absolute atomic E-state index is 0.0410. The first kappa shape index (κ1) is 21.8. The number of pyridine rings is 1. The predicted molar refractivity (Wildman–Crippen MR) is 107 cm³/mol. The van der Waals surface area contributed by atoms with Gasteiger partial charge in [0, 0.05) is 6.42 Å². The lowest BCUT2D eigenvalue weighted by Crippen LogP contribution is -2.28. The molecule has 144 valence electrons. The van der Waals surface area contributed by atoms with E-state index in [0.29, 0.717) is 12.8 Å². The topological polar surface area (TPSA) is 68.3 Å². The summed E-state index contributed by atoms with van der Waals surface area (Å²) in [6.07, 6.45) is 0.972. The van der Waals surface area contributed by atoms with Gasteiger partial charge < -0.3 is 10.1 Å². The molecule has 0 radical (unpaired) electrons. The molecule has 5 nitrogen and oxygen atoms in total. The summed E-state index contributed by atoms with van der Waals surface area (Å²) in [4.78, 5) is 27.6. The van der Waals surface area contributed by atoms with E-state index in [1.54, 1.807) is 0 Å². The van der Waals surface area contributed by atoms with Crippen molar-refractivity contribution in [3.8, 4) is 0 Å². The predicted octanol–water partition coefficient (Wildman–Crippen LogP) is 4.91. The number of esters is 1. The summed E-state index contributed by atoms with van der Waals surface area (Å²) in [6, 6.07) is 7.98. The van der Waals surface area contributed by atoms with Gasteiger partial charge in [-0.25, -0.2) is 9.78 Å². The maximum atomic E-state index is 12.0. The third-order valence-electron chi connectivity index (χ3n) is 3.60. The third-order valence-corrected chi connectivity index (χ3v) is 5.27. The molecule has 9 heteroatoms. The molecule has 0 aliphatic heterocycles. The summed E-state index contributed by atoms with van der Waals surface area (Å²) in [6.45, 7) is 2.11. The van der Waals surface area contributed by atoms with Crippen molar-refractivity contribution < 1.29 is 14.3 Å². The Balaban J connectivity index is 1.75. The van der Waals surface area contributed by atoms with Gasteiger partial charge in [0.1, 0.15) is 11.8 Å². The lowest BCUT2D eigenvalue weighted by Gasteiger charge is -2.09. The summed E-state index contributed by atoms with van der Waals surface area (Å²) in [5, 5.41) is 2.27. The van der Waals surface area contributed by atoms with Gasteiger partial charge in [0.2, 0.25) is 5.91 Å². The first-order chi connectivity index (χ1) is 12.8. The Morgan fingerprint density at radius 2 is 1.70 bits per heavy atom. The van der Waals surface area contributed by atoms with E-state index in [1.165, 1.54) is 5.56 Å². The van der Waals surface area contributed by atoms with E-state index in [-0.39, 0.29) is 45.0 Å². The molecule has 0 aliphatic rings. The molecular formula is C18H16Cl4N2O3. The highest BCUT2D eigenvalue weighted by molar-refractivity contribution is 6.52. The lowest BCUT2D eigenvalue weighted by molar-refractivity contribution is -0.121. The fourth-order valence-electron chi connectivity index (χ4n) is 2.13. The number of aromatic nitrogens is 1. The van der Waals surface area contributed by atoms with Crippen LogP contribution in [0.15, 0.2) is 24.3 Å². The number of benzene rings is 1. The van der Waals surface area contributed by atoms with Gasteiger partial charge >= 0.3 is 5.97 Å². The second kappa shape index (κ2) is 10.1. The number of rotatable bonds is 7. The van der Waals surface area contributed by atoms with Crippen LogP contribution in [0.3, 0.4) is 0 Å². The smallest absolute Gasteiger partial charge is 0.358 e. The molecule has 0 spiro atoms. The number of aryl methyl sites for hydroxylation is 2. The van der Waals surface area contributed by atoms with Crippen molar-refractivity contribution in [3.63, 3.8) is 0 Å². The maximum Gasteiger partial charge on any atom is 0.358 e. The summed E-state index contributed by atoms with van der Waals surface area (Å²) in [5.74, 6) is -0.949. The van der Waals surface area contributed by atoms with Gasteiger partial charge in [-0.05, 0) is 18.9 Å². The quantitative estimate of drug-likeness (QED) is 0.370. The second-order valence-corrected chi connectivity index (χ2v) is 7.16. The Morgan fingerprint density at radius 3 is 2.37 bits per heavy atom. The molecule has 2 aromatic rings. The molecule has 0 saturated carbocycles. The molecule has 1 heterocycles. The number of nitrogens with zero attached hydrogens (tertiary/aromatic N) is 1. The van der Waals surface area contributed by atoms with Gasteiger partial charge in [-0.15, -0.1) is 0 Å². The van der Waals surface area contributed by atoms with E-state index in [9.17, 15) is 9.59 Å². The molecule has 1 N–H and O–H groups in total. The largest absolute Gasteiger partial charge is 0.459 e. The number of hydrogen-bond donors (Lipinski definition) is 1. The van der Waals surface area contributed by atoms with E-state index >= 15 is 0 Å². The molecule has 0 fully saturated rings. The van der Waals surface area contributed by atoms with Crippen LogP contribution in [-0.4, -0.2) is 30.0 Å². The van der Waals surface area contributed by atoms with Crippen LogP contribution < -0.4 is 5.32 Å². The van der Waals surface area contributed by atoms with Gasteiger partial charge in [-0.1, -0.05) is 76.2 Å². The van der Waals surface area contributed by atoms with Crippen molar-refractivity contribution in [2.24, 2.45) is 0 Å². The van der Waals surface area contributed by atoms with Crippen LogP contribution in [0.25, 0.3) is 0 Å². The van der Waals surface area contributed by atoms with Crippen LogP contribution in [-0.2, 0) is 16.0 Å². The number of hydrogen-bond acceptors (Lipinski definition) is 4. The number of carbonyl (C=O) groups is 2. The zero-order valence-electron chi connectivity index (χ0n) is 14.3. The molecule has 1 aromatic carbocycles.